The third-order valence-corrected chi connectivity index (χ3v) is 3.47. The molecule has 0 fully saturated rings. The number of rotatable bonds is 8. The largest absolute Gasteiger partial charge is 0.379 e. The lowest BCUT2D eigenvalue weighted by molar-refractivity contribution is 0.112. The van der Waals surface area contributed by atoms with E-state index >= 15 is 0 Å². The average molecular weight is 271 g/mol. The van der Waals surface area contributed by atoms with Crippen LogP contribution < -0.4 is 5.32 Å². The number of fused-ring (bicyclic) bond motifs is 1. The van der Waals surface area contributed by atoms with Crippen LogP contribution in [-0.2, 0) is 4.74 Å². The van der Waals surface area contributed by atoms with Gasteiger partial charge in [0.1, 0.15) is 0 Å². The van der Waals surface area contributed by atoms with Crippen molar-refractivity contribution in [1.29, 1.82) is 0 Å². The monoisotopic (exact) mass is 271 g/mol. The van der Waals surface area contributed by atoms with Gasteiger partial charge < -0.3 is 10.1 Å². The van der Waals surface area contributed by atoms with E-state index in [0.29, 0.717) is 0 Å². The molecule has 2 rings (SSSR count). The lowest BCUT2D eigenvalue weighted by Crippen LogP contribution is -2.26. The molecule has 0 aromatic heterocycles. The quantitative estimate of drug-likeness (QED) is 0.722. The maximum Gasteiger partial charge on any atom is 0.0661 e. The summed E-state index contributed by atoms with van der Waals surface area (Å²) in [6.07, 6.45) is 2.20. The van der Waals surface area contributed by atoms with E-state index in [0.717, 1.165) is 32.6 Å². The third-order valence-electron chi connectivity index (χ3n) is 3.47. The minimum Gasteiger partial charge on any atom is -0.379 e. The highest BCUT2D eigenvalue weighted by atomic mass is 16.5. The predicted molar refractivity (Wildman–Crippen MR) is 86.1 cm³/mol. The molecule has 2 aromatic carbocycles. The van der Waals surface area contributed by atoms with Gasteiger partial charge in [-0.05, 0) is 35.7 Å². The molecule has 0 spiro atoms. The molecule has 2 nitrogen and oxygen atoms in total. The van der Waals surface area contributed by atoms with Gasteiger partial charge in [0.25, 0.3) is 0 Å². The van der Waals surface area contributed by atoms with Crippen LogP contribution in [0.4, 0.5) is 0 Å². The van der Waals surface area contributed by atoms with Crippen LogP contribution in [0, 0.1) is 0 Å². The SMILES string of the molecule is CCCNC(COCCC)c1cccc2ccccc12. The van der Waals surface area contributed by atoms with Gasteiger partial charge in [0.2, 0.25) is 0 Å². The van der Waals surface area contributed by atoms with Crippen LogP contribution in [0.15, 0.2) is 42.5 Å². The summed E-state index contributed by atoms with van der Waals surface area (Å²) in [6.45, 7) is 6.92. The van der Waals surface area contributed by atoms with Gasteiger partial charge in [-0.2, -0.15) is 0 Å². The Morgan fingerprint density at radius 1 is 1.00 bits per heavy atom. The van der Waals surface area contributed by atoms with Crippen molar-refractivity contribution in [2.24, 2.45) is 0 Å². The Bertz CT molecular complexity index is 518. The molecule has 0 aliphatic rings. The zero-order chi connectivity index (χ0) is 14.2. The molecule has 0 heterocycles. The molecule has 0 saturated carbocycles. The zero-order valence-electron chi connectivity index (χ0n) is 12.6. The molecule has 108 valence electrons. The Labute approximate surface area is 122 Å². The van der Waals surface area contributed by atoms with Crippen LogP contribution in [0.2, 0.25) is 0 Å². The van der Waals surface area contributed by atoms with Gasteiger partial charge in [-0.15, -0.1) is 0 Å². The van der Waals surface area contributed by atoms with Crippen molar-refractivity contribution in [3.63, 3.8) is 0 Å². The minimum absolute atomic E-state index is 0.271. The summed E-state index contributed by atoms with van der Waals surface area (Å²) in [4.78, 5) is 0. The van der Waals surface area contributed by atoms with Gasteiger partial charge in [-0.25, -0.2) is 0 Å². The molecule has 1 atom stereocenters. The summed E-state index contributed by atoms with van der Waals surface area (Å²) in [5.74, 6) is 0. The summed E-state index contributed by atoms with van der Waals surface area (Å²) < 4.78 is 5.78. The molecule has 0 saturated heterocycles. The Balaban J connectivity index is 2.24. The van der Waals surface area contributed by atoms with Gasteiger partial charge >= 0.3 is 0 Å². The van der Waals surface area contributed by atoms with Gasteiger partial charge in [0, 0.05) is 6.61 Å². The van der Waals surface area contributed by atoms with E-state index in [1.54, 1.807) is 0 Å². The molecule has 2 aromatic rings. The van der Waals surface area contributed by atoms with Crippen LogP contribution in [0.5, 0.6) is 0 Å². The van der Waals surface area contributed by atoms with Crippen molar-refractivity contribution >= 4 is 10.8 Å². The molecular weight excluding hydrogens is 246 g/mol. The number of ether oxygens (including phenoxy) is 1. The topological polar surface area (TPSA) is 21.3 Å². The normalized spacial score (nSPS) is 12.7. The number of benzene rings is 2. The molecule has 20 heavy (non-hydrogen) atoms. The molecule has 0 aliphatic carbocycles. The first-order chi connectivity index (χ1) is 9.86. The van der Waals surface area contributed by atoms with Crippen molar-refractivity contribution in [2.45, 2.75) is 32.7 Å². The van der Waals surface area contributed by atoms with Crippen molar-refractivity contribution in [3.05, 3.63) is 48.0 Å². The first kappa shape index (κ1) is 15.0. The molecule has 0 radical (unpaired) electrons. The first-order valence-electron chi connectivity index (χ1n) is 7.65. The van der Waals surface area contributed by atoms with E-state index in [9.17, 15) is 0 Å². The van der Waals surface area contributed by atoms with Crippen LogP contribution in [0.1, 0.15) is 38.3 Å². The maximum absolute atomic E-state index is 5.78. The molecule has 2 heteroatoms. The third kappa shape index (κ3) is 3.81. The van der Waals surface area contributed by atoms with Crippen molar-refractivity contribution in [1.82, 2.24) is 5.32 Å². The number of hydrogen-bond donors (Lipinski definition) is 1. The van der Waals surface area contributed by atoms with Crippen molar-refractivity contribution in [3.8, 4) is 0 Å². The lowest BCUT2D eigenvalue weighted by atomic mass is 9.99. The summed E-state index contributed by atoms with van der Waals surface area (Å²) in [5, 5.41) is 6.23. The van der Waals surface area contributed by atoms with E-state index in [-0.39, 0.29) is 6.04 Å². The summed E-state index contributed by atoms with van der Waals surface area (Å²) >= 11 is 0. The number of hydrogen-bond acceptors (Lipinski definition) is 2. The predicted octanol–water partition coefficient (Wildman–Crippen LogP) is 4.31. The van der Waals surface area contributed by atoms with Gasteiger partial charge in [0.05, 0.1) is 12.6 Å². The fourth-order valence-corrected chi connectivity index (χ4v) is 2.48. The minimum atomic E-state index is 0.271. The Kier molecular flexibility index (Phi) is 6.03. The first-order valence-corrected chi connectivity index (χ1v) is 7.65. The Morgan fingerprint density at radius 3 is 2.60 bits per heavy atom. The lowest BCUT2D eigenvalue weighted by Gasteiger charge is -2.21. The maximum atomic E-state index is 5.78. The molecule has 1 unspecified atom stereocenters. The van der Waals surface area contributed by atoms with E-state index in [1.165, 1.54) is 16.3 Å². The highest BCUT2D eigenvalue weighted by Crippen LogP contribution is 2.24. The van der Waals surface area contributed by atoms with E-state index in [4.69, 9.17) is 4.74 Å². The Morgan fingerprint density at radius 2 is 1.80 bits per heavy atom. The second-order valence-corrected chi connectivity index (χ2v) is 5.15. The fourth-order valence-electron chi connectivity index (χ4n) is 2.48. The second-order valence-electron chi connectivity index (χ2n) is 5.15. The Hall–Kier alpha value is -1.38. The standard InChI is InChI=1S/C18H25NO/c1-3-12-19-18(14-20-13-4-2)17-11-7-9-15-8-5-6-10-16(15)17/h5-11,18-19H,3-4,12-14H2,1-2H3. The molecule has 1 N–H and O–H groups in total. The fraction of sp³-hybridized carbons (Fsp3) is 0.444. The van der Waals surface area contributed by atoms with Crippen LogP contribution in [-0.4, -0.2) is 19.8 Å². The highest BCUT2D eigenvalue weighted by molar-refractivity contribution is 5.86. The van der Waals surface area contributed by atoms with Crippen molar-refractivity contribution < 1.29 is 4.74 Å². The second kappa shape index (κ2) is 8.03. The molecule has 0 aliphatic heterocycles. The van der Waals surface area contributed by atoms with E-state index < -0.39 is 0 Å². The summed E-state index contributed by atoms with van der Waals surface area (Å²) in [5.41, 5.74) is 1.34. The summed E-state index contributed by atoms with van der Waals surface area (Å²) in [6, 6.07) is 15.4. The molecule has 0 amide bonds. The zero-order valence-corrected chi connectivity index (χ0v) is 12.6. The smallest absolute Gasteiger partial charge is 0.0661 e. The van der Waals surface area contributed by atoms with Gasteiger partial charge in [0.15, 0.2) is 0 Å². The molecule has 0 bridgehead atoms. The average Bonchev–Trinajstić information content (AvgIpc) is 2.50. The van der Waals surface area contributed by atoms with E-state index in [1.807, 2.05) is 0 Å². The van der Waals surface area contributed by atoms with Crippen LogP contribution in [0.25, 0.3) is 10.8 Å². The van der Waals surface area contributed by atoms with Crippen molar-refractivity contribution in [2.75, 3.05) is 19.8 Å². The van der Waals surface area contributed by atoms with Gasteiger partial charge in [-0.3, -0.25) is 0 Å². The summed E-state index contributed by atoms with van der Waals surface area (Å²) in [7, 11) is 0. The van der Waals surface area contributed by atoms with Crippen LogP contribution >= 0.6 is 0 Å². The number of nitrogens with one attached hydrogen (secondary N) is 1. The van der Waals surface area contributed by atoms with E-state index in [2.05, 4.69) is 61.6 Å². The van der Waals surface area contributed by atoms with Crippen LogP contribution in [0.3, 0.4) is 0 Å². The highest BCUT2D eigenvalue weighted by Gasteiger charge is 2.13. The van der Waals surface area contributed by atoms with Gasteiger partial charge in [-0.1, -0.05) is 56.3 Å². The molecular formula is C18H25NO.